The van der Waals surface area contributed by atoms with Gasteiger partial charge in [0.15, 0.2) is 5.78 Å². The Kier molecular flexibility index (Phi) is 4.29. The molecular weight excluding hydrogens is 332 g/mol. The lowest BCUT2D eigenvalue weighted by atomic mass is 9.90. The summed E-state index contributed by atoms with van der Waals surface area (Å²) < 4.78 is 1.72. The maximum Gasteiger partial charge on any atom is 0.253 e. The summed E-state index contributed by atoms with van der Waals surface area (Å²) in [5.41, 5.74) is 5.43. The van der Waals surface area contributed by atoms with Gasteiger partial charge in [0.1, 0.15) is 0 Å². The summed E-state index contributed by atoms with van der Waals surface area (Å²) in [6, 6.07) is 8.11. The van der Waals surface area contributed by atoms with Crippen molar-refractivity contribution in [1.82, 2.24) is 19.6 Å². The van der Waals surface area contributed by atoms with E-state index in [9.17, 15) is 4.79 Å². The Morgan fingerprint density at radius 3 is 2.76 bits per heavy atom. The van der Waals surface area contributed by atoms with Crippen LogP contribution in [-0.2, 0) is 12.8 Å². The van der Waals surface area contributed by atoms with Gasteiger partial charge in [-0.2, -0.15) is 4.98 Å². The summed E-state index contributed by atoms with van der Waals surface area (Å²) >= 11 is 1.37. The van der Waals surface area contributed by atoms with Crippen molar-refractivity contribution in [3.8, 4) is 0 Å². The van der Waals surface area contributed by atoms with E-state index >= 15 is 0 Å². The van der Waals surface area contributed by atoms with Crippen LogP contribution >= 0.6 is 11.8 Å². The van der Waals surface area contributed by atoms with Gasteiger partial charge in [-0.15, -0.1) is 5.10 Å². The topological polar surface area (TPSA) is 60.2 Å². The van der Waals surface area contributed by atoms with Crippen LogP contribution in [-0.4, -0.2) is 31.1 Å². The molecule has 5 nitrogen and oxygen atoms in total. The maximum atomic E-state index is 12.5. The first-order valence-corrected chi connectivity index (χ1v) is 9.57. The van der Waals surface area contributed by atoms with Gasteiger partial charge < -0.3 is 0 Å². The predicted octanol–water partition coefficient (Wildman–Crippen LogP) is 3.59. The van der Waals surface area contributed by atoms with Crippen LogP contribution in [0.1, 0.15) is 45.7 Å². The fraction of sp³-hybridized carbons (Fsp3) is 0.368. The van der Waals surface area contributed by atoms with Gasteiger partial charge in [0, 0.05) is 17.0 Å². The molecule has 1 aromatic carbocycles. The Labute approximate surface area is 150 Å². The van der Waals surface area contributed by atoms with E-state index in [4.69, 9.17) is 0 Å². The van der Waals surface area contributed by atoms with Crippen LogP contribution in [0.15, 0.2) is 29.4 Å². The molecule has 128 valence electrons. The third-order valence-electron chi connectivity index (χ3n) is 4.60. The molecule has 1 aliphatic rings. The van der Waals surface area contributed by atoms with E-state index in [2.05, 4.69) is 27.2 Å². The molecule has 3 aromatic rings. The van der Waals surface area contributed by atoms with Crippen molar-refractivity contribution in [3.63, 3.8) is 0 Å². The highest BCUT2D eigenvalue weighted by Crippen LogP contribution is 2.23. The average molecular weight is 352 g/mol. The Hall–Kier alpha value is -2.21. The summed E-state index contributed by atoms with van der Waals surface area (Å²) in [6.07, 6.45) is 4.69. The van der Waals surface area contributed by atoms with Crippen molar-refractivity contribution in [1.29, 1.82) is 0 Å². The van der Waals surface area contributed by atoms with E-state index in [0.717, 1.165) is 29.8 Å². The molecule has 4 rings (SSSR count). The number of carbonyl (C=O) groups excluding carboxylic acids is 1. The number of fused-ring (bicyclic) bond motifs is 2. The van der Waals surface area contributed by atoms with Gasteiger partial charge in [0.05, 0.1) is 5.75 Å². The van der Waals surface area contributed by atoms with Gasteiger partial charge in [-0.3, -0.25) is 4.79 Å². The second-order valence-electron chi connectivity index (χ2n) is 6.55. The molecule has 25 heavy (non-hydrogen) atoms. The maximum absolute atomic E-state index is 12.5. The van der Waals surface area contributed by atoms with Gasteiger partial charge >= 0.3 is 0 Å². The number of benzene rings is 1. The molecule has 1 aliphatic carbocycles. The fourth-order valence-electron chi connectivity index (χ4n) is 3.33. The summed E-state index contributed by atoms with van der Waals surface area (Å²) in [5, 5.41) is 5.03. The van der Waals surface area contributed by atoms with E-state index < -0.39 is 0 Å². The van der Waals surface area contributed by atoms with Crippen molar-refractivity contribution in [2.45, 2.75) is 44.7 Å². The lowest BCUT2D eigenvalue weighted by Gasteiger charge is -2.16. The van der Waals surface area contributed by atoms with E-state index in [1.54, 1.807) is 4.52 Å². The van der Waals surface area contributed by atoms with Gasteiger partial charge in [-0.05, 0) is 62.8 Å². The lowest BCUT2D eigenvalue weighted by molar-refractivity contribution is 0.102. The molecule has 0 saturated heterocycles. The second kappa shape index (κ2) is 6.59. The number of thioether (sulfide) groups is 1. The van der Waals surface area contributed by atoms with Crippen LogP contribution in [0.2, 0.25) is 0 Å². The monoisotopic (exact) mass is 352 g/mol. The van der Waals surface area contributed by atoms with Gasteiger partial charge in [-0.1, -0.05) is 23.9 Å². The van der Waals surface area contributed by atoms with Crippen molar-refractivity contribution in [2.24, 2.45) is 0 Å². The largest absolute Gasteiger partial charge is 0.293 e. The van der Waals surface area contributed by atoms with E-state index in [0.29, 0.717) is 16.7 Å². The molecule has 0 spiro atoms. The zero-order valence-corrected chi connectivity index (χ0v) is 15.3. The minimum Gasteiger partial charge on any atom is -0.293 e. The second-order valence-corrected chi connectivity index (χ2v) is 7.49. The number of nitrogens with zero attached hydrogens (tertiary/aromatic N) is 4. The molecule has 0 bridgehead atoms. The number of rotatable bonds is 4. The van der Waals surface area contributed by atoms with Crippen LogP contribution < -0.4 is 0 Å². The van der Waals surface area contributed by atoms with Crippen molar-refractivity contribution in [2.75, 3.05) is 5.75 Å². The number of ketones is 1. The molecule has 2 aromatic heterocycles. The first-order valence-electron chi connectivity index (χ1n) is 8.59. The molecule has 0 saturated carbocycles. The number of carbonyl (C=O) groups is 1. The summed E-state index contributed by atoms with van der Waals surface area (Å²) in [4.78, 5) is 21.3. The zero-order chi connectivity index (χ0) is 17.4. The van der Waals surface area contributed by atoms with E-state index in [1.165, 1.54) is 35.7 Å². The highest BCUT2D eigenvalue weighted by molar-refractivity contribution is 7.99. The third-order valence-corrected chi connectivity index (χ3v) is 5.44. The fourth-order valence-corrected chi connectivity index (χ4v) is 4.04. The predicted molar refractivity (Wildman–Crippen MR) is 98.4 cm³/mol. The number of hydrogen-bond donors (Lipinski definition) is 0. The highest BCUT2D eigenvalue weighted by atomic mass is 32.2. The zero-order valence-electron chi connectivity index (χ0n) is 14.5. The van der Waals surface area contributed by atoms with Crippen LogP contribution in [0.3, 0.4) is 0 Å². The Morgan fingerprint density at radius 1 is 1.12 bits per heavy atom. The number of hydrogen-bond acceptors (Lipinski definition) is 5. The molecule has 0 aliphatic heterocycles. The van der Waals surface area contributed by atoms with Gasteiger partial charge in [-0.25, -0.2) is 9.50 Å². The Balaban J connectivity index is 1.49. The van der Waals surface area contributed by atoms with E-state index in [1.807, 2.05) is 26.0 Å². The summed E-state index contributed by atoms with van der Waals surface area (Å²) in [7, 11) is 0. The number of aryl methyl sites for hydroxylation is 4. The standard InChI is InChI=1S/C19H20N4OS/c1-12-9-13(2)23-18(20-12)21-19(22-23)25-11-17(24)16-8-7-14-5-3-4-6-15(14)10-16/h7-10H,3-6,11H2,1-2H3. The minimum absolute atomic E-state index is 0.123. The van der Waals surface area contributed by atoms with Gasteiger partial charge in [0.25, 0.3) is 5.78 Å². The van der Waals surface area contributed by atoms with Crippen LogP contribution in [0.4, 0.5) is 0 Å². The molecular formula is C19H20N4OS. The average Bonchev–Trinajstić information content (AvgIpc) is 3.02. The molecule has 0 fully saturated rings. The smallest absolute Gasteiger partial charge is 0.253 e. The normalized spacial score (nSPS) is 13.8. The molecule has 2 heterocycles. The molecule has 0 unspecified atom stereocenters. The van der Waals surface area contributed by atoms with Crippen LogP contribution in [0, 0.1) is 13.8 Å². The molecule has 0 radical (unpaired) electrons. The molecule has 0 atom stereocenters. The van der Waals surface area contributed by atoms with Crippen LogP contribution in [0.5, 0.6) is 0 Å². The quantitative estimate of drug-likeness (QED) is 0.530. The molecule has 6 heteroatoms. The first kappa shape index (κ1) is 16.3. The van der Waals surface area contributed by atoms with Crippen molar-refractivity contribution in [3.05, 3.63) is 52.3 Å². The Morgan fingerprint density at radius 2 is 1.92 bits per heavy atom. The van der Waals surface area contributed by atoms with Gasteiger partial charge in [0.2, 0.25) is 5.16 Å². The minimum atomic E-state index is 0.123. The highest BCUT2D eigenvalue weighted by Gasteiger charge is 2.15. The summed E-state index contributed by atoms with van der Waals surface area (Å²) in [6.45, 7) is 3.91. The summed E-state index contributed by atoms with van der Waals surface area (Å²) in [5.74, 6) is 1.05. The first-order chi connectivity index (χ1) is 12.1. The number of aromatic nitrogens is 4. The lowest BCUT2D eigenvalue weighted by Crippen LogP contribution is -2.07. The third kappa shape index (κ3) is 3.31. The molecule has 0 N–H and O–H groups in total. The Bertz CT molecular complexity index is 963. The molecule has 0 amide bonds. The number of Topliss-reactive ketones (excluding diaryl/α,β-unsaturated/α-hetero) is 1. The SMILES string of the molecule is Cc1cc(C)n2nc(SCC(=O)c3ccc4c(c3)CCCC4)nc2n1. The van der Waals surface area contributed by atoms with Crippen molar-refractivity contribution >= 4 is 23.3 Å². The van der Waals surface area contributed by atoms with Crippen molar-refractivity contribution < 1.29 is 4.79 Å². The van der Waals surface area contributed by atoms with Crippen LogP contribution in [0.25, 0.3) is 5.78 Å². The van der Waals surface area contributed by atoms with E-state index in [-0.39, 0.29) is 5.78 Å².